The Morgan fingerprint density at radius 1 is 1.48 bits per heavy atom. The number of nitrogens with one attached hydrogen (secondary N) is 2. The molecular weight excluding hydrogens is 269 g/mol. The van der Waals surface area contributed by atoms with Crippen molar-refractivity contribution in [1.29, 1.82) is 0 Å². The average molecular weight is 293 g/mol. The van der Waals surface area contributed by atoms with Gasteiger partial charge in [0, 0.05) is 19.1 Å². The third-order valence-electron chi connectivity index (χ3n) is 4.01. The number of hydrogen-bond acceptors (Lipinski definition) is 3. The highest BCUT2D eigenvalue weighted by Crippen LogP contribution is 2.10. The molecule has 2 rings (SSSR count). The smallest absolute Gasteiger partial charge is 0.234 e. The molecule has 1 unspecified atom stereocenters. The van der Waals surface area contributed by atoms with Crippen LogP contribution in [0.15, 0.2) is 18.2 Å². The van der Waals surface area contributed by atoms with Gasteiger partial charge in [0.25, 0.3) is 0 Å². The second-order valence-electron chi connectivity index (χ2n) is 5.72. The molecule has 4 nitrogen and oxygen atoms in total. The highest BCUT2D eigenvalue weighted by atomic mass is 19.1. The first-order chi connectivity index (χ1) is 10.1. The molecule has 0 radical (unpaired) electrons. The molecule has 0 aromatic heterocycles. The van der Waals surface area contributed by atoms with E-state index in [2.05, 4.69) is 15.5 Å². The van der Waals surface area contributed by atoms with Crippen LogP contribution in [0.25, 0.3) is 0 Å². The molecule has 1 heterocycles. The van der Waals surface area contributed by atoms with Gasteiger partial charge >= 0.3 is 0 Å². The number of halogens is 1. The van der Waals surface area contributed by atoms with Gasteiger partial charge in [0.15, 0.2) is 0 Å². The van der Waals surface area contributed by atoms with Crippen LogP contribution in [0.5, 0.6) is 0 Å². The van der Waals surface area contributed by atoms with E-state index in [9.17, 15) is 9.18 Å². The SMILES string of the molecule is CNC1CCCN(CC(=O)NCc2ccc(C)c(F)c2)C1. The fourth-order valence-electron chi connectivity index (χ4n) is 2.64. The van der Waals surface area contributed by atoms with Crippen LogP contribution in [0, 0.1) is 12.7 Å². The number of likely N-dealkylation sites (tertiary alicyclic amines) is 1. The minimum absolute atomic E-state index is 0.00673. The van der Waals surface area contributed by atoms with Gasteiger partial charge in [0.05, 0.1) is 6.54 Å². The average Bonchev–Trinajstić information content (AvgIpc) is 2.48. The Labute approximate surface area is 125 Å². The Balaban J connectivity index is 1.77. The van der Waals surface area contributed by atoms with Gasteiger partial charge in [-0.1, -0.05) is 12.1 Å². The lowest BCUT2D eigenvalue weighted by Gasteiger charge is -2.31. The standard InChI is InChI=1S/C16H24FN3O/c1-12-5-6-13(8-15(12)17)9-19-16(21)11-20-7-3-4-14(10-20)18-2/h5-6,8,14,18H,3-4,7,9-11H2,1-2H3,(H,19,21). The van der Waals surface area contributed by atoms with Crippen LogP contribution < -0.4 is 10.6 Å². The molecule has 1 amide bonds. The first-order valence-electron chi connectivity index (χ1n) is 7.50. The van der Waals surface area contributed by atoms with Crippen molar-refractivity contribution in [2.45, 2.75) is 32.4 Å². The highest BCUT2D eigenvalue weighted by molar-refractivity contribution is 5.78. The Bertz CT molecular complexity index is 492. The molecule has 5 heteroatoms. The van der Waals surface area contributed by atoms with Crippen LogP contribution in [0.4, 0.5) is 4.39 Å². The van der Waals surface area contributed by atoms with Crippen LogP contribution in [-0.4, -0.2) is 43.5 Å². The van der Waals surface area contributed by atoms with Crippen molar-refractivity contribution in [3.8, 4) is 0 Å². The fraction of sp³-hybridized carbons (Fsp3) is 0.562. The zero-order valence-corrected chi connectivity index (χ0v) is 12.8. The molecule has 1 aliphatic rings. The van der Waals surface area contributed by atoms with Crippen molar-refractivity contribution < 1.29 is 9.18 Å². The summed E-state index contributed by atoms with van der Waals surface area (Å²) in [6.45, 7) is 4.38. The quantitative estimate of drug-likeness (QED) is 0.863. The number of likely N-dealkylation sites (N-methyl/N-ethyl adjacent to an activating group) is 1. The second-order valence-corrected chi connectivity index (χ2v) is 5.72. The fourth-order valence-corrected chi connectivity index (χ4v) is 2.64. The van der Waals surface area contributed by atoms with Crippen molar-refractivity contribution >= 4 is 5.91 Å². The lowest BCUT2D eigenvalue weighted by Crippen LogP contribution is -2.47. The summed E-state index contributed by atoms with van der Waals surface area (Å²) in [5, 5.41) is 6.12. The third-order valence-corrected chi connectivity index (χ3v) is 4.01. The molecule has 0 aliphatic carbocycles. The van der Waals surface area contributed by atoms with Crippen LogP contribution >= 0.6 is 0 Å². The molecule has 116 valence electrons. The van der Waals surface area contributed by atoms with Gasteiger partial charge in [-0.2, -0.15) is 0 Å². The number of aryl methyl sites for hydroxylation is 1. The highest BCUT2D eigenvalue weighted by Gasteiger charge is 2.20. The van der Waals surface area contributed by atoms with Crippen LogP contribution in [-0.2, 0) is 11.3 Å². The number of amides is 1. The topological polar surface area (TPSA) is 44.4 Å². The van der Waals surface area contributed by atoms with E-state index in [4.69, 9.17) is 0 Å². The molecule has 21 heavy (non-hydrogen) atoms. The zero-order valence-electron chi connectivity index (χ0n) is 12.8. The van der Waals surface area contributed by atoms with Crippen LogP contribution in [0.1, 0.15) is 24.0 Å². The number of nitrogens with zero attached hydrogens (tertiary/aromatic N) is 1. The van der Waals surface area contributed by atoms with E-state index >= 15 is 0 Å². The predicted octanol–water partition coefficient (Wildman–Crippen LogP) is 1.43. The number of carbonyl (C=O) groups is 1. The van der Waals surface area contributed by atoms with Crippen molar-refractivity contribution in [1.82, 2.24) is 15.5 Å². The van der Waals surface area contributed by atoms with Gasteiger partial charge in [-0.15, -0.1) is 0 Å². The van der Waals surface area contributed by atoms with E-state index in [-0.39, 0.29) is 11.7 Å². The van der Waals surface area contributed by atoms with Gasteiger partial charge < -0.3 is 10.6 Å². The number of piperidine rings is 1. The molecule has 0 saturated carbocycles. The van der Waals surface area contributed by atoms with Crippen LogP contribution in [0.3, 0.4) is 0 Å². The van der Waals surface area contributed by atoms with Crippen molar-refractivity contribution in [3.05, 3.63) is 35.1 Å². The monoisotopic (exact) mass is 293 g/mol. The zero-order chi connectivity index (χ0) is 15.2. The lowest BCUT2D eigenvalue weighted by atomic mass is 10.1. The molecular formula is C16H24FN3O. The van der Waals surface area contributed by atoms with Crippen molar-refractivity contribution in [2.24, 2.45) is 0 Å². The summed E-state index contributed by atoms with van der Waals surface area (Å²) in [6.07, 6.45) is 2.28. The summed E-state index contributed by atoms with van der Waals surface area (Å²) in [7, 11) is 1.96. The van der Waals surface area contributed by atoms with E-state index in [0.29, 0.717) is 24.7 Å². The predicted molar refractivity (Wildman–Crippen MR) is 81.5 cm³/mol. The van der Waals surface area contributed by atoms with E-state index in [1.165, 1.54) is 6.07 Å². The summed E-state index contributed by atoms with van der Waals surface area (Å²) in [4.78, 5) is 14.1. The molecule has 0 bridgehead atoms. The first kappa shape index (κ1) is 15.9. The summed E-state index contributed by atoms with van der Waals surface area (Å²) in [5.74, 6) is -0.234. The largest absolute Gasteiger partial charge is 0.351 e. The van der Waals surface area contributed by atoms with E-state index in [1.807, 2.05) is 13.1 Å². The maximum Gasteiger partial charge on any atom is 0.234 e. The van der Waals surface area contributed by atoms with E-state index in [0.717, 1.165) is 31.5 Å². The molecule has 1 saturated heterocycles. The van der Waals surface area contributed by atoms with Gasteiger partial charge in [0.1, 0.15) is 5.82 Å². The Hall–Kier alpha value is -1.46. The minimum atomic E-state index is -0.227. The van der Waals surface area contributed by atoms with Crippen molar-refractivity contribution in [3.63, 3.8) is 0 Å². The van der Waals surface area contributed by atoms with Crippen molar-refractivity contribution in [2.75, 3.05) is 26.7 Å². The third kappa shape index (κ3) is 4.79. The summed E-state index contributed by atoms with van der Waals surface area (Å²) >= 11 is 0. The number of rotatable bonds is 5. The van der Waals surface area contributed by atoms with Gasteiger partial charge in [0.2, 0.25) is 5.91 Å². The number of benzene rings is 1. The van der Waals surface area contributed by atoms with Gasteiger partial charge in [-0.25, -0.2) is 4.39 Å². The normalized spacial score (nSPS) is 19.5. The summed E-state index contributed by atoms with van der Waals surface area (Å²) in [6, 6.07) is 5.53. The minimum Gasteiger partial charge on any atom is -0.351 e. The molecule has 1 atom stereocenters. The molecule has 1 aromatic carbocycles. The van der Waals surface area contributed by atoms with Gasteiger partial charge in [-0.3, -0.25) is 9.69 Å². The summed E-state index contributed by atoms with van der Waals surface area (Å²) in [5.41, 5.74) is 1.41. The van der Waals surface area contributed by atoms with Crippen LogP contribution in [0.2, 0.25) is 0 Å². The summed E-state index contributed by atoms with van der Waals surface area (Å²) < 4.78 is 13.4. The first-order valence-corrected chi connectivity index (χ1v) is 7.50. The second kappa shape index (κ2) is 7.52. The van der Waals surface area contributed by atoms with E-state index < -0.39 is 0 Å². The van der Waals surface area contributed by atoms with Gasteiger partial charge in [-0.05, 0) is 50.6 Å². The lowest BCUT2D eigenvalue weighted by molar-refractivity contribution is -0.122. The molecule has 1 fully saturated rings. The maximum absolute atomic E-state index is 13.4. The molecule has 1 aliphatic heterocycles. The Morgan fingerprint density at radius 3 is 3.00 bits per heavy atom. The molecule has 2 N–H and O–H groups in total. The molecule has 0 spiro atoms. The van der Waals surface area contributed by atoms with E-state index in [1.54, 1.807) is 13.0 Å². The Morgan fingerprint density at radius 2 is 2.29 bits per heavy atom. The molecule has 1 aromatic rings. The number of hydrogen-bond donors (Lipinski definition) is 2. The number of carbonyl (C=O) groups excluding carboxylic acids is 1. The maximum atomic E-state index is 13.4. The Kier molecular flexibility index (Phi) is 5.70.